The van der Waals surface area contributed by atoms with E-state index in [9.17, 15) is 14.5 Å². The summed E-state index contributed by atoms with van der Waals surface area (Å²) in [6, 6.07) is 4.73. The van der Waals surface area contributed by atoms with Crippen LogP contribution in [0.5, 0.6) is 0 Å². The molecule has 0 saturated heterocycles. The molecule has 1 aromatic carbocycles. The van der Waals surface area contributed by atoms with Crippen molar-refractivity contribution in [3.05, 3.63) is 45.9 Å². The first-order chi connectivity index (χ1) is 7.99. The van der Waals surface area contributed by atoms with E-state index in [1.165, 1.54) is 4.68 Å². The Balaban J connectivity index is 2.69. The zero-order valence-electron chi connectivity index (χ0n) is 8.92. The molecule has 0 aliphatic carbocycles. The molecule has 2 rings (SSSR count). The number of nitrogen functional groups attached to an aromatic ring is 1. The maximum absolute atomic E-state index is 13.1. The van der Waals surface area contributed by atoms with Gasteiger partial charge in [-0.05, 0) is 13.0 Å². The van der Waals surface area contributed by atoms with Crippen LogP contribution in [-0.4, -0.2) is 14.7 Å². The first-order valence-electron chi connectivity index (χ1n) is 4.75. The highest BCUT2D eigenvalue weighted by Gasteiger charge is 2.18. The van der Waals surface area contributed by atoms with Crippen molar-refractivity contribution in [3.63, 3.8) is 0 Å². The van der Waals surface area contributed by atoms with Gasteiger partial charge in [0.25, 0.3) is 5.69 Å². The van der Waals surface area contributed by atoms with Gasteiger partial charge >= 0.3 is 0 Å². The fraction of sp³-hybridized carbons (Fsp3) is 0.100. The molecule has 1 heterocycles. The summed E-state index contributed by atoms with van der Waals surface area (Å²) in [6.45, 7) is 1.68. The van der Waals surface area contributed by atoms with Gasteiger partial charge in [-0.2, -0.15) is 5.10 Å². The molecule has 0 aliphatic heterocycles. The van der Waals surface area contributed by atoms with Crippen molar-refractivity contribution < 1.29 is 9.31 Å². The number of anilines is 1. The lowest BCUT2D eigenvalue weighted by atomic mass is 10.2. The SMILES string of the molecule is Cc1cc(N)nn1-c1cc(F)ccc1[N+](=O)[O-]. The van der Waals surface area contributed by atoms with Gasteiger partial charge in [0, 0.05) is 23.9 Å². The van der Waals surface area contributed by atoms with Crippen molar-refractivity contribution in [3.8, 4) is 5.69 Å². The van der Waals surface area contributed by atoms with Crippen LogP contribution in [0.3, 0.4) is 0 Å². The summed E-state index contributed by atoms with van der Waals surface area (Å²) in [5.41, 5.74) is 5.91. The third-order valence-electron chi connectivity index (χ3n) is 2.27. The molecule has 0 saturated carbocycles. The second-order valence-electron chi connectivity index (χ2n) is 3.51. The van der Waals surface area contributed by atoms with E-state index < -0.39 is 10.7 Å². The maximum Gasteiger partial charge on any atom is 0.295 e. The van der Waals surface area contributed by atoms with E-state index in [0.717, 1.165) is 18.2 Å². The number of benzene rings is 1. The summed E-state index contributed by atoms with van der Waals surface area (Å²) in [4.78, 5) is 10.2. The van der Waals surface area contributed by atoms with Crippen LogP contribution in [0.1, 0.15) is 5.69 Å². The smallest absolute Gasteiger partial charge is 0.295 e. The number of nitro benzene ring substituents is 1. The van der Waals surface area contributed by atoms with Crippen molar-refractivity contribution in [2.45, 2.75) is 6.92 Å². The van der Waals surface area contributed by atoms with E-state index in [1.807, 2.05) is 0 Å². The molecule has 0 fully saturated rings. The van der Waals surface area contributed by atoms with Crippen molar-refractivity contribution in [2.24, 2.45) is 0 Å². The third kappa shape index (κ3) is 1.94. The second-order valence-corrected chi connectivity index (χ2v) is 3.51. The number of hydrogen-bond donors (Lipinski definition) is 1. The summed E-state index contributed by atoms with van der Waals surface area (Å²) >= 11 is 0. The van der Waals surface area contributed by atoms with Gasteiger partial charge in [0.15, 0.2) is 0 Å². The molecule has 2 N–H and O–H groups in total. The van der Waals surface area contributed by atoms with E-state index in [2.05, 4.69) is 5.10 Å². The first-order valence-corrected chi connectivity index (χ1v) is 4.75. The third-order valence-corrected chi connectivity index (χ3v) is 2.27. The van der Waals surface area contributed by atoms with Gasteiger partial charge in [0.2, 0.25) is 0 Å². The van der Waals surface area contributed by atoms with E-state index >= 15 is 0 Å². The first kappa shape index (κ1) is 11.1. The Morgan fingerprint density at radius 3 is 2.71 bits per heavy atom. The molecule has 6 nitrogen and oxygen atoms in total. The summed E-state index contributed by atoms with van der Waals surface area (Å²) in [6.07, 6.45) is 0. The van der Waals surface area contributed by atoms with Crippen LogP contribution in [0, 0.1) is 22.9 Å². The van der Waals surface area contributed by atoms with Crippen molar-refractivity contribution in [1.29, 1.82) is 0 Å². The highest BCUT2D eigenvalue weighted by molar-refractivity contribution is 5.53. The Hall–Kier alpha value is -2.44. The second kappa shape index (κ2) is 3.85. The molecule has 1 aromatic heterocycles. The molecular formula is C10H9FN4O2. The molecule has 7 heteroatoms. The van der Waals surface area contributed by atoms with E-state index in [1.54, 1.807) is 13.0 Å². The van der Waals surface area contributed by atoms with Gasteiger partial charge in [-0.1, -0.05) is 0 Å². The maximum atomic E-state index is 13.1. The quantitative estimate of drug-likeness (QED) is 0.636. The van der Waals surface area contributed by atoms with Gasteiger partial charge in [-0.15, -0.1) is 0 Å². The summed E-state index contributed by atoms with van der Waals surface area (Å²) in [5.74, 6) is -0.347. The highest BCUT2D eigenvalue weighted by Crippen LogP contribution is 2.25. The van der Waals surface area contributed by atoms with Crippen LogP contribution in [-0.2, 0) is 0 Å². The number of aryl methyl sites for hydroxylation is 1. The number of nitro groups is 1. The fourth-order valence-corrected chi connectivity index (χ4v) is 1.56. The van der Waals surface area contributed by atoms with E-state index in [4.69, 9.17) is 5.73 Å². The average molecular weight is 236 g/mol. The zero-order valence-corrected chi connectivity index (χ0v) is 8.92. The van der Waals surface area contributed by atoms with Crippen LogP contribution in [0.15, 0.2) is 24.3 Å². The summed E-state index contributed by atoms with van der Waals surface area (Å²) in [5, 5.41) is 14.7. The topological polar surface area (TPSA) is 87.0 Å². The van der Waals surface area contributed by atoms with Gasteiger partial charge in [0.1, 0.15) is 17.3 Å². The van der Waals surface area contributed by atoms with Crippen LogP contribution in [0.25, 0.3) is 5.69 Å². The minimum absolute atomic E-state index is 0.0594. The molecular weight excluding hydrogens is 227 g/mol. The Morgan fingerprint density at radius 1 is 1.47 bits per heavy atom. The average Bonchev–Trinajstić information content (AvgIpc) is 2.57. The number of rotatable bonds is 2. The van der Waals surface area contributed by atoms with Gasteiger partial charge in [-0.25, -0.2) is 9.07 Å². The molecule has 0 radical (unpaired) electrons. The van der Waals surface area contributed by atoms with Gasteiger partial charge in [-0.3, -0.25) is 10.1 Å². The van der Waals surface area contributed by atoms with Crippen LogP contribution in [0.4, 0.5) is 15.9 Å². The standard InChI is InChI=1S/C10H9FN4O2/c1-6-4-10(12)13-14(6)9-5-7(11)2-3-8(9)15(16)17/h2-5H,1H3,(H2,12,13). The monoisotopic (exact) mass is 236 g/mol. The van der Waals surface area contributed by atoms with E-state index in [0.29, 0.717) is 5.69 Å². The van der Waals surface area contributed by atoms with Crippen molar-refractivity contribution in [1.82, 2.24) is 9.78 Å². The molecule has 0 atom stereocenters. The van der Waals surface area contributed by atoms with Crippen molar-refractivity contribution in [2.75, 3.05) is 5.73 Å². The zero-order chi connectivity index (χ0) is 12.6. The number of nitrogens with two attached hydrogens (primary N) is 1. The minimum atomic E-state index is -0.591. The van der Waals surface area contributed by atoms with Gasteiger partial charge < -0.3 is 5.73 Å². The lowest BCUT2D eigenvalue weighted by Crippen LogP contribution is -2.04. The predicted octanol–water partition coefficient (Wildman–Crippen LogP) is 1.81. The molecule has 0 aliphatic rings. The number of hydrogen-bond acceptors (Lipinski definition) is 4. The highest BCUT2D eigenvalue weighted by atomic mass is 19.1. The Labute approximate surface area is 95.6 Å². The number of nitrogens with zero attached hydrogens (tertiary/aromatic N) is 3. The molecule has 0 amide bonds. The summed E-state index contributed by atoms with van der Waals surface area (Å²) < 4.78 is 14.4. The predicted molar refractivity (Wildman–Crippen MR) is 59.3 cm³/mol. The summed E-state index contributed by atoms with van der Waals surface area (Å²) in [7, 11) is 0. The molecule has 0 bridgehead atoms. The van der Waals surface area contributed by atoms with E-state index in [-0.39, 0.29) is 17.2 Å². The number of aromatic nitrogens is 2. The van der Waals surface area contributed by atoms with Crippen LogP contribution in [0.2, 0.25) is 0 Å². The molecule has 2 aromatic rings. The fourth-order valence-electron chi connectivity index (χ4n) is 1.56. The molecule has 88 valence electrons. The van der Waals surface area contributed by atoms with Gasteiger partial charge in [0.05, 0.1) is 4.92 Å². The molecule has 0 unspecified atom stereocenters. The normalized spacial score (nSPS) is 10.5. The Bertz CT molecular complexity index is 594. The largest absolute Gasteiger partial charge is 0.382 e. The molecule has 0 spiro atoms. The minimum Gasteiger partial charge on any atom is -0.382 e. The van der Waals surface area contributed by atoms with Crippen molar-refractivity contribution >= 4 is 11.5 Å². The lowest BCUT2D eigenvalue weighted by Gasteiger charge is -2.05. The lowest BCUT2D eigenvalue weighted by molar-refractivity contribution is -0.384. The molecule has 17 heavy (non-hydrogen) atoms. The Morgan fingerprint density at radius 2 is 2.18 bits per heavy atom. The Kier molecular flexibility index (Phi) is 2.51. The number of halogens is 1. The van der Waals surface area contributed by atoms with Crippen LogP contribution < -0.4 is 5.73 Å². The van der Waals surface area contributed by atoms with Crippen LogP contribution >= 0.6 is 0 Å².